The molecule has 0 saturated heterocycles. The number of nitrogens with zero attached hydrogens (tertiary/aromatic N) is 2. The maximum atomic E-state index is 11.6. The smallest absolute Gasteiger partial charge is 0.336 e. The molecule has 0 amide bonds. The van der Waals surface area contributed by atoms with Gasteiger partial charge in [0.05, 0.1) is 5.69 Å². The number of aryl methyl sites for hydroxylation is 1. The number of azo groups is 1. The minimum atomic E-state index is -0.485. The molecule has 22 heavy (non-hydrogen) atoms. The van der Waals surface area contributed by atoms with E-state index in [2.05, 4.69) is 32.8 Å². The van der Waals surface area contributed by atoms with Crippen LogP contribution in [-0.2, 0) is 0 Å². The van der Waals surface area contributed by atoms with E-state index >= 15 is 0 Å². The maximum Gasteiger partial charge on any atom is 0.336 e. The van der Waals surface area contributed by atoms with Gasteiger partial charge >= 0.3 is 5.63 Å². The van der Waals surface area contributed by atoms with Crippen LogP contribution in [0.5, 0.6) is 5.75 Å². The molecule has 0 bridgehead atoms. The molecule has 5 nitrogen and oxygen atoms in total. The predicted molar refractivity (Wildman–Crippen MR) is 92.2 cm³/mol. The summed E-state index contributed by atoms with van der Waals surface area (Å²) in [7, 11) is 0. The summed E-state index contributed by atoms with van der Waals surface area (Å²) >= 11 is 2.20. The molecule has 3 rings (SSSR count). The first-order valence-electron chi connectivity index (χ1n) is 6.48. The second-order valence-electron chi connectivity index (χ2n) is 4.73. The SMILES string of the molecule is Cc1cc(=O)oc2c(N=Nc3ccc(I)cc3)c(O)ccc12. The Balaban J connectivity index is 2.15. The van der Waals surface area contributed by atoms with Gasteiger partial charge in [0.15, 0.2) is 11.3 Å². The summed E-state index contributed by atoms with van der Waals surface area (Å²) in [5.74, 6) is -0.0875. The number of phenols is 1. The van der Waals surface area contributed by atoms with E-state index in [9.17, 15) is 9.90 Å². The van der Waals surface area contributed by atoms with E-state index in [4.69, 9.17) is 4.42 Å². The molecule has 3 aromatic rings. The molecule has 0 saturated carbocycles. The first-order chi connectivity index (χ1) is 10.5. The highest BCUT2D eigenvalue weighted by molar-refractivity contribution is 14.1. The molecule has 110 valence electrons. The van der Waals surface area contributed by atoms with E-state index in [1.54, 1.807) is 13.0 Å². The summed E-state index contributed by atoms with van der Waals surface area (Å²) < 4.78 is 6.28. The summed E-state index contributed by atoms with van der Waals surface area (Å²) in [6.45, 7) is 1.80. The lowest BCUT2D eigenvalue weighted by molar-refractivity contribution is 0.474. The topological polar surface area (TPSA) is 75.2 Å². The Bertz CT molecular complexity index is 931. The molecular weight excluding hydrogens is 395 g/mol. The van der Waals surface area contributed by atoms with Gasteiger partial charge in [-0.1, -0.05) is 0 Å². The van der Waals surface area contributed by atoms with Crippen LogP contribution in [0.15, 0.2) is 61.9 Å². The Hall–Kier alpha value is -2.22. The number of benzene rings is 2. The molecular formula is C16H11IN2O3. The zero-order chi connectivity index (χ0) is 15.7. The second-order valence-corrected chi connectivity index (χ2v) is 5.98. The lowest BCUT2D eigenvalue weighted by Gasteiger charge is -2.04. The van der Waals surface area contributed by atoms with Gasteiger partial charge in [0.25, 0.3) is 0 Å². The lowest BCUT2D eigenvalue weighted by Crippen LogP contribution is -1.97. The zero-order valence-corrected chi connectivity index (χ0v) is 13.7. The first-order valence-corrected chi connectivity index (χ1v) is 7.56. The van der Waals surface area contributed by atoms with E-state index in [0.29, 0.717) is 11.1 Å². The van der Waals surface area contributed by atoms with Crippen LogP contribution in [0.25, 0.3) is 11.0 Å². The van der Waals surface area contributed by atoms with Crippen molar-refractivity contribution >= 4 is 44.9 Å². The summed E-state index contributed by atoms with van der Waals surface area (Å²) in [4.78, 5) is 11.6. The second kappa shape index (κ2) is 5.88. The van der Waals surface area contributed by atoms with Crippen molar-refractivity contribution in [2.24, 2.45) is 10.2 Å². The molecule has 6 heteroatoms. The van der Waals surface area contributed by atoms with Crippen molar-refractivity contribution in [2.75, 3.05) is 0 Å². The van der Waals surface area contributed by atoms with Gasteiger partial charge in [-0.05, 0) is 71.5 Å². The fourth-order valence-electron chi connectivity index (χ4n) is 2.07. The van der Waals surface area contributed by atoms with Crippen LogP contribution in [0.1, 0.15) is 5.56 Å². The van der Waals surface area contributed by atoms with Crippen molar-refractivity contribution in [3.05, 3.63) is 62.0 Å². The standard InChI is InChI=1S/C16H11IN2O3/c1-9-8-14(21)22-16-12(9)6-7-13(20)15(16)19-18-11-4-2-10(17)3-5-11/h2-8,20H,1H3. The normalized spacial score (nSPS) is 11.4. The Morgan fingerprint density at radius 3 is 2.55 bits per heavy atom. The zero-order valence-electron chi connectivity index (χ0n) is 11.6. The highest BCUT2D eigenvalue weighted by Crippen LogP contribution is 2.36. The first kappa shape index (κ1) is 14.7. The number of aromatic hydroxyl groups is 1. The van der Waals surface area contributed by atoms with Crippen LogP contribution in [0, 0.1) is 10.5 Å². The monoisotopic (exact) mass is 406 g/mol. The molecule has 0 aliphatic rings. The Kier molecular flexibility index (Phi) is 3.93. The van der Waals surface area contributed by atoms with Crippen LogP contribution in [-0.4, -0.2) is 5.11 Å². The van der Waals surface area contributed by atoms with Gasteiger partial charge in [-0.3, -0.25) is 0 Å². The molecule has 0 spiro atoms. The van der Waals surface area contributed by atoms with Crippen molar-refractivity contribution in [3.63, 3.8) is 0 Å². The molecule has 0 radical (unpaired) electrons. The Morgan fingerprint density at radius 2 is 1.82 bits per heavy atom. The third-order valence-electron chi connectivity index (χ3n) is 3.16. The van der Waals surface area contributed by atoms with Crippen molar-refractivity contribution in [2.45, 2.75) is 6.92 Å². The molecule has 0 unspecified atom stereocenters. The molecule has 1 N–H and O–H groups in total. The average molecular weight is 406 g/mol. The number of phenolic OH excluding ortho intramolecular Hbond substituents is 1. The third kappa shape index (κ3) is 2.87. The number of halogens is 1. The predicted octanol–water partition coefficient (Wildman–Crippen LogP) is 4.83. The largest absolute Gasteiger partial charge is 0.505 e. The van der Waals surface area contributed by atoms with Crippen LogP contribution in [0.4, 0.5) is 11.4 Å². The van der Waals surface area contributed by atoms with Crippen molar-refractivity contribution in [1.82, 2.24) is 0 Å². The fraction of sp³-hybridized carbons (Fsp3) is 0.0625. The third-order valence-corrected chi connectivity index (χ3v) is 3.88. The van der Waals surface area contributed by atoms with Gasteiger partial charge in [0.2, 0.25) is 0 Å². The molecule has 1 heterocycles. The average Bonchev–Trinajstić information content (AvgIpc) is 2.47. The highest BCUT2D eigenvalue weighted by atomic mass is 127. The summed E-state index contributed by atoms with van der Waals surface area (Å²) in [5, 5.41) is 18.9. The van der Waals surface area contributed by atoms with E-state index in [1.165, 1.54) is 12.1 Å². The van der Waals surface area contributed by atoms with Gasteiger partial charge < -0.3 is 9.52 Å². The molecule has 0 aliphatic carbocycles. The van der Waals surface area contributed by atoms with E-state index in [-0.39, 0.29) is 17.0 Å². The van der Waals surface area contributed by atoms with Gasteiger partial charge in [0.1, 0.15) is 5.75 Å². The molecule has 0 fully saturated rings. The number of rotatable bonds is 2. The molecule has 0 aliphatic heterocycles. The summed E-state index contributed by atoms with van der Waals surface area (Å²) in [5.41, 5.74) is 1.31. The molecule has 1 aromatic heterocycles. The van der Waals surface area contributed by atoms with Crippen molar-refractivity contribution < 1.29 is 9.52 Å². The number of fused-ring (bicyclic) bond motifs is 1. The number of hydrogen-bond acceptors (Lipinski definition) is 5. The summed E-state index contributed by atoms with van der Waals surface area (Å²) in [6.07, 6.45) is 0. The molecule has 0 atom stereocenters. The van der Waals surface area contributed by atoms with Crippen molar-refractivity contribution in [3.8, 4) is 5.75 Å². The van der Waals surface area contributed by atoms with Crippen LogP contribution in [0.2, 0.25) is 0 Å². The Morgan fingerprint density at radius 1 is 1.09 bits per heavy atom. The lowest BCUT2D eigenvalue weighted by atomic mass is 10.1. The van der Waals surface area contributed by atoms with E-state index < -0.39 is 5.63 Å². The van der Waals surface area contributed by atoms with Gasteiger partial charge in [0, 0.05) is 15.0 Å². The fourth-order valence-corrected chi connectivity index (χ4v) is 2.43. The van der Waals surface area contributed by atoms with E-state index in [1.807, 2.05) is 24.3 Å². The van der Waals surface area contributed by atoms with Gasteiger partial charge in [-0.15, -0.1) is 5.11 Å². The van der Waals surface area contributed by atoms with Crippen LogP contribution < -0.4 is 5.63 Å². The molecule has 2 aromatic carbocycles. The minimum Gasteiger partial charge on any atom is -0.505 e. The van der Waals surface area contributed by atoms with E-state index in [0.717, 1.165) is 9.13 Å². The van der Waals surface area contributed by atoms with Crippen LogP contribution in [0.3, 0.4) is 0 Å². The van der Waals surface area contributed by atoms with Crippen LogP contribution >= 0.6 is 22.6 Å². The minimum absolute atomic E-state index is 0.0875. The maximum absolute atomic E-state index is 11.6. The van der Waals surface area contributed by atoms with Gasteiger partial charge in [-0.25, -0.2) is 4.79 Å². The summed E-state index contributed by atoms with van der Waals surface area (Å²) in [6, 6.07) is 12.0. The quantitative estimate of drug-likeness (QED) is 0.377. The Labute approximate surface area is 139 Å². The highest BCUT2D eigenvalue weighted by Gasteiger charge is 2.11. The van der Waals surface area contributed by atoms with Crippen molar-refractivity contribution in [1.29, 1.82) is 0 Å². The number of hydrogen-bond donors (Lipinski definition) is 1. The van der Waals surface area contributed by atoms with Gasteiger partial charge in [-0.2, -0.15) is 5.11 Å².